The number of aromatic amines is 1. The minimum atomic E-state index is -0.351. The van der Waals surface area contributed by atoms with Crippen molar-refractivity contribution in [1.29, 1.82) is 0 Å². The van der Waals surface area contributed by atoms with E-state index >= 15 is 0 Å². The van der Waals surface area contributed by atoms with Crippen molar-refractivity contribution in [3.8, 4) is 11.3 Å². The molecule has 1 aliphatic rings. The van der Waals surface area contributed by atoms with Gasteiger partial charge in [-0.3, -0.25) is 10.1 Å². The van der Waals surface area contributed by atoms with Crippen LogP contribution < -0.4 is 4.90 Å². The summed E-state index contributed by atoms with van der Waals surface area (Å²) in [5.41, 5.74) is 1.96. The molecule has 1 heterocycles. The number of hydrogen-bond acceptors (Lipinski definition) is 4. The number of H-pyrrole nitrogens is 1. The second-order valence-electron chi connectivity index (χ2n) is 5.70. The van der Waals surface area contributed by atoms with Crippen molar-refractivity contribution in [2.45, 2.75) is 38.1 Å². The fourth-order valence-corrected chi connectivity index (χ4v) is 3.21. The first kappa shape index (κ1) is 14.6. The van der Waals surface area contributed by atoms with Gasteiger partial charge in [0.1, 0.15) is 5.56 Å². The Bertz CT molecular complexity index is 648. The minimum Gasteiger partial charge on any atom is -0.370 e. The van der Waals surface area contributed by atoms with E-state index in [4.69, 9.17) is 0 Å². The van der Waals surface area contributed by atoms with Crippen LogP contribution in [0.2, 0.25) is 0 Å². The van der Waals surface area contributed by atoms with Crippen molar-refractivity contribution < 1.29 is 4.92 Å². The van der Waals surface area contributed by atoms with Gasteiger partial charge in [-0.05, 0) is 18.9 Å². The number of aromatic nitrogens is 2. The smallest absolute Gasteiger partial charge is 0.280 e. The maximum Gasteiger partial charge on any atom is 0.280 e. The fourth-order valence-electron chi connectivity index (χ4n) is 3.21. The third kappa shape index (κ3) is 2.68. The summed E-state index contributed by atoms with van der Waals surface area (Å²) in [6.45, 7) is 0. The van der Waals surface area contributed by atoms with Gasteiger partial charge in [-0.25, -0.2) is 4.98 Å². The Labute approximate surface area is 129 Å². The Morgan fingerprint density at radius 2 is 2.18 bits per heavy atom. The van der Waals surface area contributed by atoms with E-state index in [0.717, 1.165) is 18.5 Å². The molecule has 2 aromatic rings. The molecule has 1 fully saturated rings. The fraction of sp³-hybridized carbons (Fsp3) is 0.438. The average molecular weight is 299 g/mol. The van der Waals surface area contributed by atoms with E-state index < -0.39 is 0 Å². The van der Waals surface area contributed by atoms with Crippen molar-refractivity contribution in [2.24, 2.45) is 0 Å². The van der Waals surface area contributed by atoms with Gasteiger partial charge in [-0.1, -0.05) is 19.3 Å². The molecular weight excluding hydrogens is 280 g/mol. The monoisotopic (exact) mass is 299 g/mol. The number of imidazole rings is 1. The van der Waals surface area contributed by atoms with Gasteiger partial charge in [0, 0.05) is 31.4 Å². The van der Waals surface area contributed by atoms with Crippen molar-refractivity contribution in [3.63, 3.8) is 0 Å². The SMILES string of the molecule is CN(c1[c]ccc([N+](=O)[O-])c1-c1c[nH]cn1)C1CCCCC1. The van der Waals surface area contributed by atoms with Crippen molar-refractivity contribution in [1.82, 2.24) is 9.97 Å². The van der Waals surface area contributed by atoms with Crippen LogP contribution in [-0.2, 0) is 0 Å². The molecule has 22 heavy (non-hydrogen) atoms. The second-order valence-corrected chi connectivity index (χ2v) is 5.70. The van der Waals surface area contributed by atoms with E-state index in [9.17, 15) is 10.1 Å². The summed E-state index contributed by atoms with van der Waals surface area (Å²) in [5, 5.41) is 11.4. The first-order valence-corrected chi connectivity index (χ1v) is 7.59. The van der Waals surface area contributed by atoms with Crippen LogP contribution >= 0.6 is 0 Å². The number of hydrogen-bond donors (Lipinski definition) is 1. The maximum atomic E-state index is 11.4. The van der Waals surface area contributed by atoms with E-state index in [0.29, 0.717) is 17.3 Å². The van der Waals surface area contributed by atoms with Gasteiger partial charge in [-0.2, -0.15) is 0 Å². The van der Waals surface area contributed by atoms with Gasteiger partial charge >= 0.3 is 0 Å². The van der Waals surface area contributed by atoms with Crippen LogP contribution in [0.25, 0.3) is 11.3 Å². The summed E-state index contributed by atoms with van der Waals surface area (Å²) in [7, 11) is 2.00. The molecule has 0 atom stereocenters. The lowest BCUT2D eigenvalue weighted by Crippen LogP contribution is -2.33. The highest BCUT2D eigenvalue weighted by Crippen LogP contribution is 2.38. The standard InChI is InChI=1S/C16H19N4O2/c1-19(12-6-3-2-4-7-12)14-8-5-9-15(20(21)22)16(14)13-10-17-11-18-13/h5,9-12H,2-4,6-7H2,1H3,(H,17,18). The zero-order valence-electron chi connectivity index (χ0n) is 12.6. The normalized spacial score (nSPS) is 15.7. The largest absolute Gasteiger partial charge is 0.370 e. The van der Waals surface area contributed by atoms with Crippen LogP contribution in [0, 0.1) is 16.2 Å². The molecule has 0 aliphatic heterocycles. The van der Waals surface area contributed by atoms with Crippen LogP contribution in [0.3, 0.4) is 0 Å². The van der Waals surface area contributed by atoms with E-state index in [1.165, 1.54) is 31.7 Å². The van der Waals surface area contributed by atoms with Crippen molar-refractivity contribution >= 4 is 11.4 Å². The van der Waals surface area contributed by atoms with Gasteiger partial charge in [0.25, 0.3) is 5.69 Å². The lowest BCUT2D eigenvalue weighted by Gasteiger charge is -2.33. The quantitative estimate of drug-likeness (QED) is 0.692. The van der Waals surface area contributed by atoms with E-state index in [-0.39, 0.29) is 10.6 Å². The molecule has 3 rings (SSSR count). The lowest BCUT2D eigenvalue weighted by atomic mass is 9.93. The van der Waals surface area contributed by atoms with Crippen molar-refractivity contribution in [3.05, 3.63) is 40.8 Å². The molecule has 1 N–H and O–H groups in total. The number of anilines is 1. The topological polar surface area (TPSA) is 75.1 Å². The first-order chi connectivity index (χ1) is 10.7. The van der Waals surface area contributed by atoms with Crippen molar-refractivity contribution in [2.75, 3.05) is 11.9 Å². The number of nitrogens with zero attached hydrogens (tertiary/aromatic N) is 3. The summed E-state index contributed by atoms with van der Waals surface area (Å²) < 4.78 is 0. The highest BCUT2D eigenvalue weighted by molar-refractivity contribution is 5.83. The Kier molecular flexibility index (Phi) is 4.09. The van der Waals surface area contributed by atoms with E-state index in [2.05, 4.69) is 20.9 Å². The molecule has 1 aromatic heterocycles. The van der Waals surface area contributed by atoms with E-state index in [1.807, 2.05) is 7.05 Å². The van der Waals surface area contributed by atoms with E-state index in [1.54, 1.807) is 12.3 Å². The predicted molar refractivity (Wildman–Crippen MR) is 84.8 cm³/mol. The Morgan fingerprint density at radius 3 is 2.82 bits per heavy atom. The second kappa shape index (κ2) is 6.17. The molecule has 0 amide bonds. The molecule has 0 saturated heterocycles. The van der Waals surface area contributed by atoms with Crippen LogP contribution in [0.15, 0.2) is 24.7 Å². The highest BCUT2D eigenvalue weighted by Gasteiger charge is 2.26. The Balaban J connectivity index is 2.06. The first-order valence-electron chi connectivity index (χ1n) is 7.59. The van der Waals surface area contributed by atoms with Crippen LogP contribution in [0.4, 0.5) is 11.4 Å². The number of benzene rings is 1. The molecule has 6 heteroatoms. The van der Waals surface area contributed by atoms with Gasteiger partial charge in [0.15, 0.2) is 0 Å². The molecule has 0 bridgehead atoms. The Hall–Kier alpha value is -2.37. The third-order valence-corrected chi connectivity index (χ3v) is 4.38. The minimum absolute atomic E-state index is 0.0727. The van der Waals surface area contributed by atoms with Crippen LogP contribution in [-0.4, -0.2) is 28.0 Å². The van der Waals surface area contributed by atoms with Gasteiger partial charge in [0.05, 0.1) is 22.6 Å². The maximum absolute atomic E-state index is 11.4. The highest BCUT2D eigenvalue weighted by atomic mass is 16.6. The molecule has 1 radical (unpaired) electrons. The number of nitro groups is 1. The molecular formula is C16H19N4O2. The molecule has 1 saturated carbocycles. The summed E-state index contributed by atoms with van der Waals surface area (Å²) in [6, 6.07) is 6.71. The Morgan fingerprint density at radius 1 is 1.41 bits per heavy atom. The third-order valence-electron chi connectivity index (χ3n) is 4.38. The zero-order chi connectivity index (χ0) is 15.5. The number of nitro benzene ring substituents is 1. The molecule has 0 spiro atoms. The molecule has 1 aliphatic carbocycles. The molecule has 6 nitrogen and oxygen atoms in total. The van der Waals surface area contributed by atoms with Crippen LogP contribution in [0.1, 0.15) is 32.1 Å². The number of nitrogens with one attached hydrogen (secondary N) is 1. The zero-order valence-corrected chi connectivity index (χ0v) is 12.6. The van der Waals surface area contributed by atoms with Gasteiger partial charge < -0.3 is 9.88 Å². The summed E-state index contributed by atoms with van der Waals surface area (Å²) in [4.78, 5) is 20.3. The summed E-state index contributed by atoms with van der Waals surface area (Å²) in [6.07, 6.45) is 9.16. The molecule has 0 unspecified atom stereocenters. The van der Waals surface area contributed by atoms with Gasteiger partial charge in [0.2, 0.25) is 0 Å². The number of rotatable bonds is 4. The summed E-state index contributed by atoms with van der Waals surface area (Å²) >= 11 is 0. The lowest BCUT2D eigenvalue weighted by molar-refractivity contribution is -0.384. The molecule has 115 valence electrons. The van der Waals surface area contributed by atoms with Gasteiger partial charge in [-0.15, -0.1) is 0 Å². The molecule has 1 aromatic carbocycles. The predicted octanol–water partition coefficient (Wildman–Crippen LogP) is 3.55. The average Bonchev–Trinajstić information content (AvgIpc) is 3.08. The van der Waals surface area contributed by atoms with Crippen LogP contribution in [0.5, 0.6) is 0 Å². The summed E-state index contributed by atoms with van der Waals surface area (Å²) in [5.74, 6) is 0.